The quantitative estimate of drug-likeness (QED) is 0.726. The molecule has 0 N–H and O–H groups in total. The zero-order valence-corrected chi connectivity index (χ0v) is 16.7. The van der Waals surface area contributed by atoms with Gasteiger partial charge >= 0.3 is 0 Å². The van der Waals surface area contributed by atoms with Gasteiger partial charge in [-0.2, -0.15) is 0 Å². The van der Waals surface area contributed by atoms with E-state index in [1.54, 1.807) is 44.2 Å². The number of hydrogen-bond donors (Lipinski definition) is 0. The molecule has 8 heteroatoms. The molecular formula is C16H18BrNO4S2. The van der Waals surface area contributed by atoms with Crippen molar-refractivity contribution in [2.75, 3.05) is 10.6 Å². The number of benzene rings is 2. The van der Waals surface area contributed by atoms with Crippen LogP contribution >= 0.6 is 15.9 Å². The third-order valence-electron chi connectivity index (χ3n) is 3.35. The fourth-order valence-electron chi connectivity index (χ4n) is 2.31. The Labute approximate surface area is 151 Å². The molecule has 5 nitrogen and oxygen atoms in total. The number of sulfone groups is 1. The molecule has 0 heterocycles. The largest absolute Gasteiger partial charge is 0.265 e. The van der Waals surface area contributed by atoms with Crippen molar-refractivity contribution in [3.8, 4) is 0 Å². The highest BCUT2D eigenvalue weighted by atomic mass is 79.9. The molecule has 0 saturated heterocycles. The summed E-state index contributed by atoms with van der Waals surface area (Å²) in [6.45, 7) is 3.53. The number of nitrogens with zero attached hydrogens (tertiary/aromatic N) is 1. The minimum Gasteiger partial charge on any atom is -0.264 e. The van der Waals surface area contributed by atoms with Crippen LogP contribution in [0.1, 0.15) is 13.8 Å². The van der Waals surface area contributed by atoms with Gasteiger partial charge in [-0.3, -0.25) is 4.31 Å². The number of rotatable bonds is 5. The second-order valence-electron chi connectivity index (χ2n) is 5.59. The Hall–Kier alpha value is -1.38. The molecule has 0 atom stereocenters. The summed E-state index contributed by atoms with van der Waals surface area (Å²) >= 11 is 3.22. The molecular weight excluding hydrogens is 414 g/mol. The molecule has 2 aromatic carbocycles. The van der Waals surface area contributed by atoms with Gasteiger partial charge in [-0.05, 0) is 60.1 Å². The zero-order valence-electron chi connectivity index (χ0n) is 13.5. The molecule has 0 radical (unpaired) electrons. The lowest BCUT2D eigenvalue weighted by atomic mass is 10.3. The van der Waals surface area contributed by atoms with E-state index in [0.29, 0.717) is 10.2 Å². The molecule has 24 heavy (non-hydrogen) atoms. The van der Waals surface area contributed by atoms with Gasteiger partial charge in [0.25, 0.3) is 10.0 Å². The normalized spacial score (nSPS) is 12.4. The minimum absolute atomic E-state index is 0.0407. The first-order valence-electron chi connectivity index (χ1n) is 7.14. The van der Waals surface area contributed by atoms with Gasteiger partial charge in [0, 0.05) is 16.8 Å². The topological polar surface area (TPSA) is 71.5 Å². The van der Waals surface area contributed by atoms with Crippen molar-refractivity contribution in [1.82, 2.24) is 0 Å². The van der Waals surface area contributed by atoms with Gasteiger partial charge in [0.2, 0.25) is 0 Å². The highest BCUT2D eigenvalue weighted by Crippen LogP contribution is 2.32. The van der Waals surface area contributed by atoms with Crippen molar-refractivity contribution in [2.45, 2.75) is 29.7 Å². The summed E-state index contributed by atoms with van der Waals surface area (Å²) in [5, 5.41) is 0. The third-order valence-corrected chi connectivity index (χ3v) is 7.46. The van der Waals surface area contributed by atoms with Crippen LogP contribution in [0.2, 0.25) is 0 Å². The Kier molecular flexibility index (Phi) is 5.41. The lowest BCUT2D eigenvalue weighted by Crippen LogP contribution is -2.37. The average Bonchev–Trinajstić information content (AvgIpc) is 2.46. The van der Waals surface area contributed by atoms with Crippen LogP contribution in [0.4, 0.5) is 5.69 Å². The summed E-state index contributed by atoms with van der Waals surface area (Å²) in [6, 6.07) is 12.4. The summed E-state index contributed by atoms with van der Waals surface area (Å²) in [5.41, 5.74) is 0.518. The van der Waals surface area contributed by atoms with E-state index >= 15 is 0 Å². The molecule has 0 bridgehead atoms. The van der Waals surface area contributed by atoms with E-state index in [2.05, 4.69) is 15.9 Å². The van der Waals surface area contributed by atoms with E-state index in [1.807, 2.05) is 0 Å². The number of hydrogen-bond acceptors (Lipinski definition) is 4. The van der Waals surface area contributed by atoms with E-state index < -0.39 is 19.9 Å². The predicted molar refractivity (Wildman–Crippen MR) is 98.5 cm³/mol. The van der Waals surface area contributed by atoms with Crippen LogP contribution in [0, 0.1) is 0 Å². The Morgan fingerprint density at radius 1 is 0.958 bits per heavy atom. The monoisotopic (exact) mass is 431 g/mol. The average molecular weight is 432 g/mol. The maximum atomic E-state index is 13.2. The maximum absolute atomic E-state index is 13.2. The third kappa shape index (κ3) is 3.81. The first-order chi connectivity index (χ1) is 11.0. The molecule has 130 valence electrons. The van der Waals surface area contributed by atoms with Crippen LogP contribution in [-0.2, 0) is 19.9 Å². The van der Waals surface area contributed by atoms with Crippen LogP contribution < -0.4 is 4.31 Å². The van der Waals surface area contributed by atoms with E-state index in [0.717, 1.165) is 6.26 Å². The van der Waals surface area contributed by atoms with Gasteiger partial charge < -0.3 is 0 Å². The first-order valence-corrected chi connectivity index (χ1v) is 11.3. The number of sulfonamides is 1. The van der Waals surface area contributed by atoms with Crippen LogP contribution in [0.5, 0.6) is 0 Å². The summed E-state index contributed by atoms with van der Waals surface area (Å²) in [4.78, 5) is -0.121. The number of anilines is 1. The van der Waals surface area contributed by atoms with Gasteiger partial charge in [0.15, 0.2) is 9.84 Å². The fourth-order valence-corrected chi connectivity index (χ4v) is 5.65. The smallest absolute Gasteiger partial charge is 0.264 e. The van der Waals surface area contributed by atoms with Gasteiger partial charge in [-0.1, -0.05) is 18.2 Å². The van der Waals surface area contributed by atoms with Crippen LogP contribution in [0.3, 0.4) is 0 Å². The number of halogens is 1. The summed E-state index contributed by atoms with van der Waals surface area (Å²) in [7, 11) is -7.46. The molecule has 0 aliphatic heterocycles. The van der Waals surface area contributed by atoms with Crippen molar-refractivity contribution < 1.29 is 16.8 Å². The van der Waals surface area contributed by atoms with Gasteiger partial charge in [0.05, 0.1) is 10.6 Å². The maximum Gasteiger partial charge on any atom is 0.265 e. The number of para-hydroxylation sites is 1. The van der Waals surface area contributed by atoms with E-state index in [9.17, 15) is 16.8 Å². The second-order valence-corrected chi connectivity index (χ2v) is 10.2. The molecule has 0 spiro atoms. The second kappa shape index (κ2) is 6.85. The van der Waals surface area contributed by atoms with Gasteiger partial charge in [-0.25, -0.2) is 16.8 Å². The molecule has 0 amide bonds. The van der Waals surface area contributed by atoms with E-state index in [-0.39, 0.29) is 15.8 Å². The molecule has 0 fully saturated rings. The Morgan fingerprint density at radius 2 is 1.54 bits per heavy atom. The Morgan fingerprint density at radius 3 is 2.04 bits per heavy atom. The van der Waals surface area contributed by atoms with Crippen molar-refractivity contribution in [2.24, 2.45) is 0 Å². The molecule has 0 aliphatic rings. The molecule has 2 rings (SSSR count). The molecule has 0 unspecified atom stereocenters. The molecule has 2 aromatic rings. The van der Waals surface area contributed by atoms with Crippen molar-refractivity contribution in [1.29, 1.82) is 0 Å². The standard InChI is InChI=1S/C16H18BrNO4S2/c1-12(2)18(13-7-5-4-6-8-13)24(21,22)16-11-14(23(3,19)20)9-10-15(16)17/h4-12H,1-3H3. The van der Waals surface area contributed by atoms with Crippen LogP contribution in [0.25, 0.3) is 0 Å². The summed E-state index contributed by atoms with van der Waals surface area (Å²) < 4.78 is 51.5. The summed E-state index contributed by atoms with van der Waals surface area (Å²) in [5.74, 6) is 0. The first kappa shape index (κ1) is 19.0. The predicted octanol–water partition coefficient (Wildman–Crippen LogP) is 3.46. The van der Waals surface area contributed by atoms with Gasteiger partial charge in [-0.15, -0.1) is 0 Å². The Balaban J connectivity index is 2.69. The van der Waals surface area contributed by atoms with Gasteiger partial charge in [0.1, 0.15) is 4.90 Å². The highest BCUT2D eigenvalue weighted by molar-refractivity contribution is 9.10. The molecule has 0 saturated carbocycles. The minimum atomic E-state index is -3.94. The van der Waals surface area contributed by atoms with Crippen molar-refractivity contribution in [3.05, 3.63) is 53.0 Å². The van der Waals surface area contributed by atoms with Crippen LogP contribution in [0.15, 0.2) is 62.8 Å². The van der Waals surface area contributed by atoms with Crippen molar-refractivity contribution in [3.63, 3.8) is 0 Å². The zero-order chi connectivity index (χ0) is 18.1. The molecule has 0 aromatic heterocycles. The molecule has 0 aliphatic carbocycles. The highest BCUT2D eigenvalue weighted by Gasteiger charge is 2.30. The van der Waals surface area contributed by atoms with Crippen molar-refractivity contribution >= 4 is 41.5 Å². The fraction of sp³-hybridized carbons (Fsp3) is 0.250. The lowest BCUT2D eigenvalue weighted by Gasteiger charge is -2.28. The Bertz CT molecular complexity index is 939. The van der Waals surface area contributed by atoms with E-state index in [1.165, 1.54) is 22.5 Å². The SMILES string of the molecule is CC(C)N(c1ccccc1)S(=O)(=O)c1cc(S(C)(=O)=O)ccc1Br. The van der Waals surface area contributed by atoms with Crippen LogP contribution in [-0.4, -0.2) is 29.1 Å². The van der Waals surface area contributed by atoms with E-state index in [4.69, 9.17) is 0 Å². The summed E-state index contributed by atoms with van der Waals surface area (Å²) in [6.07, 6.45) is 1.05. The lowest BCUT2D eigenvalue weighted by molar-refractivity contribution is 0.583.